The number of benzene rings is 1. The highest BCUT2D eigenvalue weighted by Gasteiger charge is 2.04. The Bertz CT molecular complexity index is 577. The summed E-state index contributed by atoms with van der Waals surface area (Å²) in [6.07, 6.45) is 0. The van der Waals surface area contributed by atoms with E-state index in [1.165, 1.54) is 23.1 Å². The molecule has 64 valence electrons. The second kappa shape index (κ2) is 2.93. The lowest BCUT2D eigenvalue weighted by Gasteiger charge is -1.90. The van der Waals surface area contributed by atoms with Crippen LogP contribution in [0.3, 0.4) is 0 Å². The first-order valence-corrected chi connectivity index (χ1v) is 6.67. The zero-order valence-corrected chi connectivity index (χ0v) is 10.4. The number of rotatable bonds is 0. The Kier molecular flexibility index (Phi) is 1.85. The van der Waals surface area contributed by atoms with Gasteiger partial charge in [-0.1, -0.05) is 12.1 Å². The first-order valence-electron chi connectivity index (χ1n) is 3.90. The molecule has 2 aromatic heterocycles. The van der Waals surface area contributed by atoms with Crippen molar-refractivity contribution >= 4 is 65.4 Å². The molecule has 3 heteroatoms. The van der Waals surface area contributed by atoms with Crippen molar-refractivity contribution in [1.29, 1.82) is 0 Å². The molecular formula is C10H5IS2. The normalized spacial score (nSPS) is 11.5. The quantitative estimate of drug-likeness (QED) is 0.526. The molecule has 0 saturated carbocycles. The largest absolute Gasteiger partial charge is 0.142 e. The van der Waals surface area contributed by atoms with Gasteiger partial charge >= 0.3 is 0 Å². The van der Waals surface area contributed by atoms with Gasteiger partial charge in [0.15, 0.2) is 0 Å². The fourth-order valence-corrected chi connectivity index (χ4v) is 4.44. The second-order valence-electron chi connectivity index (χ2n) is 2.87. The van der Waals surface area contributed by atoms with Crippen molar-refractivity contribution in [1.82, 2.24) is 0 Å². The topological polar surface area (TPSA) is 0 Å². The Morgan fingerprint density at radius 2 is 1.85 bits per heavy atom. The minimum absolute atomic E-state index is 1.37. The molecule has 0 saturated heterocycles. The summed E-state index contributed by atoms with van der Waals surface area (Å²) in [6.45, 7) is 0. The molecule has 0 aliphatic carbocycles. The van der Waals surface area contributed by atoms with Crippen molar-refractivity contribution in [2.24, 2.45) is 0 Å². The van der Waals surface area contributed by atoms with Crippen LogP contribution in [0.5, 0.6) is 0 Å². The molecule has 3 aromatic rings. The van der Waals surface area contributed by atoms with Gasteiger partial charge in [0, 0.05) is 0 Å². The molecule has 0 bridgehead atoms. The number of thiophene rings is 2. The molecular weight excluding hydrogens is 311 g/mol. The van der Waals surface area contributed by atoms with E-state index < -0.39 is 0 Å². The van der Waals surface area contributed by atoms with Crippen LogP contribution in [0.4, 0.5) is 0 Å². The maximum atomic E-state index is 2.39. The van der Waals surface area contributed by atoms with Crippen LogP contribution in [0.25, 0.3) is 20.2 Å². The molecule has 0 spiro atoms. The van der Waals surface area contributed by atoms with Crippen molar-refractivity contribution in [3.63, 3.8) is 0 Å². The maximum Gasteiger partial charge on any atom is 0.0666 e. The monoisotopic (exact) mass is 316 g/mol. The first kappa shape index (κ1) is 8.20. The molecule has 0 N–H and O–H groups in total. The Morgan fingerprint density at radius 3 is 2.77 bits per heavy atom. The van der Waals surface area contributed by atoms with Gasteiger partial charge in [0.2, 0.25) is 0 Å². The summed E-state index contributed by atoms with van der Waals surface area (Å²) in [5, 5.41) is 4.91. The summed E-state index contributed by atoms with van der Waals surface area (Å²) < 4.78 is 4.25. The minimum Gasteiger partial charge on any atom is -0.142 e. The summed E-state index contributed by atoms with van der Waals surface area (Å²) in [6, 6.07) is 8.85. The van der Waals surface area contributed by atoms with Crippen LogP contribution in [-0.4, -0.2) is 0 Å². The Hall–Kier alpha value is -0.130. The third-order valence-electron chi connectivity index (χ3n) is 2.08. The van der Waals surface area contributed by atoms with Crippen molar-refractivity contribution < 1.29 is 0 Å². The van der Waals surface area contributed by atoms with E-state index in [1.54, 1.807) is 0 Å². The van der Waals surface area contributed by atoms with Gasteiger partial charge in [-0.15, -0.1) is 22.7 Å². The standard InChI is InChI=1S/C10H5IS2/c11-8-5-7-2-1-6-3-4-12-9(6)10(7)13-8/h1-5H. The fourth-order valence-electron chi connectivity index (χ4n) is 1.49. The second-order valence-corrected chi connectivity index (χ2v) is 6.74. The highest BCUT2D eigenvalue weighted by molar-refractivity contribution is 14.1. The van der Waals surface area contributed by atoms with Gasteiger partial charge in [0.25, 0.3) is 0 Å². The predicted octanol–water partition coefficient (Wildman–Crippen LogP) is 4.72. The lowest BCUT2D eigenvalue weighted by Crippen LogP contribution is -1.62. The summed E-state index contributed by atoms with van der Waals surface area (Å²) in [5.74, 6) is 0. The maximum absolute atomic E-state index is 2.39. The molecule has 0 nitrogen and oxygen atoms in total. The van der Waals surface area contributed by atoms with E-state index in [4.69, 9.17) is 0 Å². The molecule has 0 aliphatic heterocycles. The van der Waals surface area contributed by atoms with Crippen molar-refractivity contribution in [2.45, 2.75) is 0 Å². The lowest BCUT2D eigenvalue weighted by atomic mass is 10.2. The summed E-state index contributed by atoms with van der Waals surface area (Å²) in [7, 11) is 0. The Morgan fingerprint density at radius 1 is 1.00 bits per heavy atom. The van der Waals surface area contributed by atoms with E-state index in [0.717, 1.165) is 0 Å². The highest BCUT2D eigenvalue weighted by atomic mass is 127. The first-order chi connectivity index (χ1) is 6.34. The Labute approximate surface area is 97.3 Å². The van der Waals surface area contributed by atoms with E-state index in [1.807, 2.05) is 22.7 Å². The van der Waals surface area contributed by atoms with Crippen LogP contribution < -0.4 is 0 Å². The molecule has 0 amide bonds. The molecule has 13 heavy (non-hydrogen) atoms. The molecule has 0 aliphatic rings. The highest BCUT2D eigenvalue weighted by Crippen LogP contribution is 2.35. The van der Waals surface area contributed by atoms with Gasteiger partial charge in [-0.3, -0.25) is 0 Å². The number of fused-ring (bicyclic) bond motifs is 3. The van der Waals surface area contributed by atoms with Crippen LogP contribution in [0.2, 0.25) is 0 Å². The van der Waals surface area contributed by atoms with Crippen LogP contribution in [0.1, 0.15) is 0 Å². The molecule has 0 fully saturated rings. The number of hydrogen-bond donors (Lipinski definition) is 0. The van der Waals surface area contributed by atoms with Gasteiger partial charge in [0.1, 0.15) is 0 Å². The molecule has 0 radical (unpaired) electrons. The van der Waals surface area contributed by atoms with Crippen LogP contribution in [0, 0.1) is 2.88 Å². The zero-order chi connectivity index (χ0) is 8.84. The number of halogens is 1. The number of hydrogen-bond acceptors (Lipinski definition) is 2. The predicted molar refractivity (Wildman–Crippen MR) is 69.9 cm³/mol. The zero-order valence-electron chi connectivity index (χ0n) is 6.58. The summed E-state index contributed by atoms with van der Waals surface area (Å²) >= 11 is 6.11. The van der Waals surface area contributed by atoms with E-state index in [2.05, 4.69) is 52.2 Å². The van der Waals surface area contributed by atoms with Gasteiger partial charge in [0.05, 0.1) is 12.3 Å². The lowest BCUT2D eigenvalue weighted by molar-refractivity contribution is 1.96. The summed E-state index contributed by atoms with van der Waals surface area (Å²) in [5.41, 5.74) is 0. The SMILES string of the molecule is Ic1cc2ccc3ccsc3c2s1. The molecule has 1 aromatic carbocycles. The van der Waals surface area contributed by atoms with Crippen molar-refractivity contribution in [2.75, 3.05) is 0 Å². The van der Waals surface area contributed by atoms with Crippen molar-refractivity contribution in [3.8, 4) is 0 Å². The Balaban J connectivity index is 2.64. The minimum atomic E-state index is 1.37. The average molecular weight is 316 g/mol. The smallest absolute Gasteiger partial charge is 0.0666 e. The van der Waals surface area contributed by atoms with Crippen LogP contribution in [0.15, 0.2) is 29.6 Å². The van der Waals surface area contributed by atoms with Gasteiger partial charge in [-0.05, 0) is 50.9 Å². The van der Waals surface area contributed by atoms with E-state index in [-0.39, 0.29) is 0 Å². The van der Waals surface area contributed by atoms with Gasteiger partial charge in [-0.25, -0.2) is 0 Å². The van der Waals surface area contributed by atoms with Crippen LogP contribution in [-0.2, 0) is 0 Å². The van der Waals surface area contributed by atoms with Crippen LogP contribution >= 0.6 is 45.3 Å². The van der Waals surface area contributed by atoms with Crippen molar-refractivity contribution in [3.05, 3.63) is 32.5 Å². The van der Waals surface area contributed by atoms with E-state index in [9.17, 15) is 0 Å². The van der Waals surface area contributed by atoms with E-state index in [0.29, 0.717) is 0 Å². The third kappa shape index (κ3) is 1.21. The van der Waals surface area contributed by atoms with E-state index >= 15 is 0 Å². The fraction of sp³-hybridized carbons (Fsp3) is 0. The van der Waals surface area contributed by atoms with Gasteiger partial charge in [-0.2, -0.15) is 0 Å². The molecule has 0 atom stereocenters. The molecule has 2 heterocycles. The molecule has 0 unspecified atom stereocenters. The van der Waals surface area contributed by atoms with Gasteiger partial charge < -0.3 is 0 Å². The third-order valence-corrected chi connectivity index (χ3v) is 5.08. The average Bonchev–Trinajstić information content (AvgIpc) is 2.65. The summed E-state index contributed by atoms with van der Waals surface area (Å²) in [4.78, 5) is 0. The molecule has 3 rings (SSSR count).